The zero-order valence-corrected chi connectivity index (χ0v) is 14.0. The highest BCUT2D eigenvalue weighted by Crippen LogP contribution is 2.52. The van der Waals surface area contributed by atoms with Gasteiger partial charge in [-0.05, 0) is 36.0 Å². The molecule has 0 saturated carbocycles. The quantitative estimate of drug-likeness (QED) is 0.554. The number of benzene rings is 2. The Morgan fingerprint density at radius 3 is 2.52 bits per heavy atom. The summed E-state index contributed by atoms with van der Waals surface area (Å²) in [7, 11) is 0. The minimum atomic E-state index is -4.75. The van der Waals surface area contributed by atoms with E-state index in [2.05, 4.69) is 0 Å². The largest absolute Gasteiger partial charge is 0.456 e. The summed E-state index contributed by atoms with van der Waals surface area (Å²) in [5.74, 6) is -5.15. The molecule has 0 amide bonds. The average Bonchev–Trinajstić information content (AvgIpc) is 2.79. The van der Waals surface area contributed by atoms with Crippen molar-refractivity contribution in [1.82, 2.24) is 0 Å². The van der Waals surface area contributed by atoms with Crippen LogP contribution in [0.15, 0.2) is 35.2 Å². The van der Waals surface area contributed by atoms with E-state index in [-0.39, 0.29) is 17.1 Å². The summed E-state index contributed by atoms with van der Waals surface area (Å²) in [6.45, 7) is 0. The van der Waals surface area contributed by atoms with Crippen molar-refractivity contribution in [3.05, 3.63) is 52.8 Å². The molecular weight excluding hydrogens is 396 g/mol. The van der Waals surface area contributed by atoms with E-state index in [0.29, 0.717) is 0 Å². The Bertz CT molecular complexity index is 938. The fourth-order valence-electron chi connectivity index (χ4n) is 2.77. The first-order chi connectivity index (χ1) is 12.5. The molecule has 1 unspecified atom stereocenters. The van der Waals surface area contributed by atoms with Crippen LogP contribution in [0.3, 0.4) is 0 Å². The molecule has 1 aliphatic carbocycles. The number of aliphatic hydroxyl groups excluding tert-OH is 1. The van der Waals surface area contributed by atoms with Gasteiger partial charge in [0.05, 0.1) is 0 Å². The monoisotopic (exact) mass is 405 g/mol. The molecule has 3 nitrogen and oxygen atoms in total. The number of ether oxygens (including phenoxy) is 1. The molecule has 0 bridgehead atoms. The van der Waals surface area contributed by atoms with E-state index >= 15 is 0 Å². The number of rotatable bonds is 3. The van der Waals surface area contributed by atoms with Crippen molar-refractivity contribution in [3.8, 4) is 17.6 Å². The first kappa shape index (κ1) is 19.4. The lowest BCUT2D eigenvalue weighted by Gasteiger charge is -2.17. The third kappa shape index (κ3) is 3.70. The fourth-order valence-corrected chi connectivity index (χ4v) is 3.50. The molecule has 1 N–H and O–H groups in total. The molecule has 1 atom stereocenters. The predicted molar refractivity (Wildman–Crippen MR) is 83.2 cm³/mol. The number of hydrogen-bond donors (Lipinski definition) is 1. The Hall–Kier alpha value is -2.38. The van der Waals surface area contributed by atoms with E-state index in [1.807, 2.05) is 0 Å². The van der Waals surface area contributed by atoms with Crippen molar-refractivity contribution in [3.63, 3.8) is 0 Å². The maximum Gasteiger partial charge on any atom is 0.446 e. The standard InChI is InChI=1S/C17H9F6NO2S/c18-10-2-1-3-11(9(10)7-24)26-12-4-5-13(27-17(21,22)23)14-8(12)6-16(19,20)15(14)25/h1-5,15,25H,6H2. The van der Waals surface area contributed by atoms with Gasteiger partial charge in [-0.25, -0.2) is 13.2 Å². The van der Waals surface area contributed by atoms with Crippen LogP contribution in [0, 0.1) is 17.1 Å². The summed E-state index contributed by atoms with van der Waals surface area (Å²) in [5.41, 5.74) is -6.14. The van der Waals surface area contributed by atoms with Crippen molar-refractivity contribution in [1.29, 1.82) is 5.26 Å². The molecule has 2 aromatic carbocycles. The van der Waals surface area contributed by atoms with Gasteiger partial charge in [0.25, 0.3) is 5.92 Å². The third-order valence-electron chi connectivity index (χ3n) is 3.89. The lowest BCUT2D eigenvalue weighted by molar-refractivity contribution is -0.0977. The van der Waals surface area contributed by atoms with Crippen LogP contribution in [0.2, 0.25) is 0 Å². The molecule has 0 saturated heterocycles. The van der Waals surface area contributed by atoms with Gasteiger partial charge in [-0.15, -0.1) is 0 Å². The van der Waals surface area contributed by atoms with Crippen LogP contribution in [0.25, 0.3) is 0 Å². The van der Waals surface area contributed by atoms with Crippen molar-refractivity contribution in [2.24, 2.45) is 0 Å². The van der Waals surface area contributed by atoms with E-state index in [9.17, 15) is 31.4 Å². The molecular formula is C17H9F6NO2S. The van der Waals surface area contributed by atoms with Gasteiger partial charge in [-0.1, -0.05) is 6.07 Å². The first-order valence-corrected chi connectivity index (χ1v) is 8.19. The molecule has 1 aliphatic rings. The van der Waals surface area contributed by atoms with Gasteiger partial charge < -0.3 is 9.84 Å². The van der Waals surface area contributed by atoms with Crippen LogP contribution >= 0.6 is 11.8 Å². The summed E-state index contributed by atoms with van der Waals surface area (Å²) < 4.78 is 85.1. The summed E-state index contributed by atoms with van der Waals surface area (Å²) in [6.07, 6.45) is -3.49. The maximum atomic E-state index is 14.0. The van der Waals surface area contributed by atoms with E-state index in [4.69, 9.17) is 10.00 Å². The summed E-state index contributed by atoms with van der Waals surface area (Å²) in [4.78, 5) is -0.575. The zero-order chi connectivity index (χ0) is 20.0. The van der Waals surface area contributed by atoms with Crippen molar-refractivity contribution in [2.45, 2.75) is 28.9 Å². The van der Waals surface area contributed by atoms with Gasteiger partial charge >= 0.3 is 5.51 Å². The van der Waals surface area contributed by atoms with Crippen LogP contribution < -0.4 is 4.74 Å². The van der Waals surface area contributed by atoms with Gasteiger partial charge in [0.1, 0.15) is 35.1 Å². The minimum Gasteiger partial charge on any atom is -0.456 e. The van der Waals surface area contributed by atoms with Gasteiger partial charge in [0.2, 0.25) is 0 Å². The Morgan fingerprint density at radius 2 is 1.89 bits per heavy atom. The van der Waals surface area contributed by atoms with Crippen molar-refractivity contribution < 1.29 is 36.2 Å². The van der Waals surface area contributed by atoms with E-state index in [1.54, 1.807) is 6.07 Å². The second kappa shape index (κ2) is 6.65. The molecule has 3 rings (SSSR count). The van der Waals surface area contributed by atoms with Crippen molar-refractivity contribution in [2.75, 3.05) is 0 Å². The van der Waals surface area contributed by atoms with Crippen LogP contribution in [-0.4, -0.2) is 16.5 Å². The van der Waals surface area contributed by atoms with Crippen LogP contribution in [-0.2, 0) is 6.42 Å². The van der Waals surface area contributed by atoms with Crippen LogP contribution in [0.5, 0.6) is 11.5 Å². The summed E-state index contributed by atoms with van der Waals surface area (Å²) in [5, 5.41) is 18.8. The second-order valence-corrected chi connectivity index (χ2v) is 6.78. The molecule has 0 spiro atoms. The molecule has 27 heavy (non-hydrogen) atoms. The highest BCUT2D eigenvalue weighted by molar-refractivity contribution is 8.00. The molecule has 142 valence electrons. The molecule has 0 heterocycles. The van der Waals surface area contributed by atoms with E-state index in [0.717, 1.165) is 18.2 Å². The summed E-state index contributed by atoms with van der Waals surface area (Å²) >= 11 is -0.626. The molecule has 10 heteroatoms. The summed E-state index contributed by atoms with van der Waals surface area (Å²) in [6, 6.07) is 6.92. The number of alkyl halides is 5. The normalized spacial score (nSPS) is 18.1. The average molecular weight is 405 g/mol. The first-order valence-electron chi connectivity index (χ1n) is 7.37. The minimum absolute atomic E-state index is 0.277. The number of thioether (sulfide) groups is 1. The number of hydrogen-bond acceptors (Lipinski definition) is 4. The zero-order valence-electron chi connectivity index (χ0n) is 13.1. The molecule has 0 fully saturated rings. The third-order valence-corrected chi connectivity index (χ3v) is 4.70. The smallest absolute Gasteiger partial charge is 0.446 e. The molecule has 0 aliphatic heterocycles. The van der Waals surface area contributed by atoms with Crippen LogP contribution in [0.1, 0.15) is 22.8 Å². The highest BCUT2D eigenvalue weighted by Gasteiger charge is 2.50. The van der Waals surface area contributed by atoms with E-state index in [1.165, 1.54) is 12.1 Å². The number of aliphatic hydroxyl groups is 1. The van der Waals surface area contributed by atoms with Crippen molar-refractivity contribution >= 4 is 11.8 Å². The lowest BCUT2D eigenvalue weighted by atomic mass is 10.1. The van der Waals surface area contributed by atoms with Gasteiger partial charge in [-0.3, -0.25) is 0 Å². The SMILES string of the molecule is N#Cc1c(F)cccc1Oc1ccc(SC(F)(F)F)c2c1CC(F)(F)C2O. The molecule has 0 aromatic heterocycles. The number of nitriles is 1. The number of halogens is 6. The fraction of sp³-hybridized carbons (Fsp3) is 0.235. The Balaban J connectivity index is 2.10. The molecule has 0 radical (unpaired) electrons. The highest BCUT2D eigenvalue weighted by atomic mass is 32.2. The topological polar surface area (TPSA) is 53.2 Å². The maximum absolute atomic E-state index is 14.0. The van der Waals surface area contributed by atoms with Gasteiger partial charge in [0, 0.05) is 22.4 Å². The Kier molecular flexibility index (Phi) is 4.78. The van der Waals surface area contributed by atoms with Gasteiger partial charge in [0.15, 0.2) is 0 Å². The number of nitrogens with zero attached hydrogens (tertiary/aromatic N) is 1. The van der Waals surface area contributed by atoms with E-state index < -0.39 is 57.6 Å². The molecule has 2 aromatic rings. The van der Waals surface area contributed by atoms with Crippen LogP contribution in [0.4, 0.5) is 26.3 Å². The number of fused-ring (bicyclic) bond motifs is 1. The Morgan fingerprint density at radius 1 is 1.19 bits per heavy atom. The lowest BCUT2D eigenvalue weighted by Crippen LogP contribution is -2.21. The Labute approximate surface area is 153 Å². The predicted octanol–water partition coefficient (Wildman–Crippen LogP) is 5.33. The second-order valence-electron chi connectivity index (χ2n) is 5.67. The van der Waals surface area contributed by atoms with Gasteiger partial charge in [-0.2, -0.15) is 18.4 Å².